The molecule has 2 aromatic carbocycles. The van der Waals surface area contributed by atoms with Crippen molar-refractivity contribution in [3.8, 4) is 16.9 Å². The average molecular weight is 480 g/mol. The van der Waals surface area contributed by atoms with E-state index in [9.17, 15) is 14.1 Å². The highest BCUT2D eigenvalue weighted by Crippen LogP contribution is 2.36. The summed E-state index contributed by atoms with van der Waals surface area (Å²) in [4.78, 5) is 15.3. The predicted molar refractivity (Wildman–Crippen MR) is 134 cm³/mol. The van der Waals surface area contributed by atoms with E-state index in [0.29, 0.717) is 16.0 Å². The van der Waals surface area contributed by atoms with Gasteiger partial charge in [-0.1, -0.05) is 48.9 Å². The number of carboxylic acids is 1. The number of hydrogen-bond donors (Lipinski definition) is 1. The van der Waals surface area contributed by atoms with Crippen molar-refractivity contribution in [3.63, 3.8) is 0 Å². The number of likely N-dealkylation sites (tertiary alicyclic amines) is 1. The zero-order chi connectivity index (χ0) is 23.9. The summed E-state index contributed by atoms with van der Waals surface area (Å²) in [5.41, 5.74) is 2.70. The van der Waals surface area contributed by atoms with Gasteiger partial charge < -0.3 is 14.3 Å². The summed E-state index contributed by atoms with van der Waals surface area (Å²) < 4.78 is 24.0. The summed E-state index contributed by atoms with van der Waals surface area (Å²) in [6.07, 6.45) is 11.0. The molecule has 7 heteroatoms. The van der Waals surface area contributed by atoms with E-state index >= 15 is 0 Å². The van der Waals surface area contributed by atoms with E-state index in [4.69, 9.17) is 9.15 Å². The molecule has 0 saturated carbocycles. The van der Waals surface area contributed by atoms with Crippen molar-refractivity contribution in [2.75, 3.05) is 26.7 Å². The zero-order valence-electron chi connectivity index (χ0n) is 19.2. The molecule has 178 valence electrons. The molecule has 1 aliphatic heterocycles. The van der Waals surface area contributed by atoms with E-state index in [0.717, 1.165) is 30.8 Å². The summed E-state index contributed by atoms with van der Waals surface area (Å²) in [6.45, 7) is 3.11. The van der Waals surface area contributed by atoms with Gasteiger partial charge in [0.15, 0.2) is 0 Å². The number of aromatic carboxylic acids is 1. The van der Waals surface area contributed by atoms with Crippen molar-refractivity contribution in [1.82, 2.24) is 4.90 Å². The van der Waals surface area contributed by atoms with Gasteiger partial charge in [0.2, 0.25) is 0 Å². The number of nitrogens with zero attached hydrogens (tertiary/aromatic N) is 1. The van der Waals surface area contributed by atoms with E-state index in [1.54, 1.807) is 18.2 Å². The van der Waals surface area contributed by atoms with Crippen molar-refractivity contribution >= 4 is 22.8 Å². The number of furan rings is 1. The van der Waals surface area contributed by atoms with Crippen LogP contribution in [0.5, 0.6) is 5.75 Å². The van der Waals surface area contributed by atoms with Crippen LogP contribution in [0, 0.1) is 0 Å². The van der Waals surface area contributed by atoms with Gasteiger partial charge in [-0.3, -0.25) is 9.11 Å². The molecule has 2 heterocycles. The maximum Gasteiger partial charge on any atom is 0.339 e. The minimum absolute atomic E-state index is 0.0210. The van der Waals surface area contributed by atoms with Gasteiger partial charge in [-0.15, -0.1) is 0 Å². The number of ether oxygens (including phenoxy) is 1. The Morgan fingerprint density at radius 2 is 1.94 bits per heavy atom. The van der Waals surface area contributed by atoms with Gasteiger partial charge in [0, 0.05) is 22.6 Å². The Morgan fingerprint density at radius 1 is 1.15 bits per heavy atom. The Hall–Kier alpha value is -3.16. The van der Waals surface area contributed by atoms with Gasteiger partial charge in [-0.25, -0.2) is 4.79 Å². The summed E-state index contributed by atoms with van der Waals surface area (Å²) in [5.74, 6) is -0.817. The second-order valence-corrected chi connectivity index (χ2v) is 9.71. The van der Waals surface area contributed by atoms with Gasteiger partial charge >= 0.3 is 5.97 Å². The van der Waals surface area contributed by atoms with Crippen molar-refractivity contribution in [2.24, 2.45) is 0 Å². The highest BCUT2D eigenvalue weighted by molar-refractivity contribution is 7.84. The molecule has 0 aliphatic carbocycles. The number of carbonyl (C=O) groups is 1. The number of rotatable bonds is 9. The molecule has 0 radical (unpaired) electrons. The number of carboxylic acid groups (broad SMARTS) is 1. The fraction of sp³-hybridized carbons (Fsp3) is 0.296. The quantitative estimate of drug-likeness (QED) is 0.439. The van der Waals surface area contributed by atoms with Crippen molar-refractivity contribution < 1.29 is 23.3 Å². The van der Waals surface area contributed by atoms with Crippen LogP contribution in [0.4, 0.5) is 0 Å². The second kappa shape index (κ2) is 11.3. The molecule has 6 nitrogen and oxygen atoms in total. The SMILES string of the molecule is COc1c(-c2ccoc2)ccc(CS(=O)c2ccccc2/C=C\CN2CCCCC2)c1C(=O)O. The molecule has 4 rings (SSSR count). The molecule has 1 atom stereocenters. The standard InChI is InChI=1S/C27H29NO5S/c1-32-26-23(21-13-17-33-18-21)12-11-22(25(26)27(29)30)19-34(31)24-10-4-3-8-20(24)9-7-16-28-14-5-2-6-15-28/h3-4,7-13,17-18H,2,5-6,14-16,19H2,1H3,(H,29,30)/b9-7-. The molecule has 3 aromatic rings. The lowest BCUT2D eigenvalue weighted by atomic mass is 9.99. The first-order valence-corrected chi connectivity index (χ1v) is 12.7. The van der Waals surface area contributed by atoms with Gasteiger partial charge in [-0.2, -0.15) is 0 Å². The number of benzene rings is 2. The molecule has 0 bridgehead atoms. The normalized spacial score (nSPS) is 15.4. The van der Waals surface area contributed by atoms with Crippen LogP contribution >= 0.6 is 0 Å². The minimum Gasteiger partial charge on any atom is -0.495 e. The van der Waals surface area contributed by atoms with Crippen molar-refractivity contribution in [3.05, 3.63) is 77.8 Å². The fourth-order valence-electron chi connectivity index (χ4n) is 4.35. The van der Waals surface area contributed by atoms with E-state index in [1.807, 2.05) is 30.3 Å². The van der Waals surface area contributed by atoms with Crippen LogP contribution in [0.15, 0.2) is 70.4 Å². The second-order valence-electron chi connectivity index (χ2n) is 8.29. The van der Waals surface area contributed by atoms with Crippen LogP contribution in [0.1, 0.15) is 40.7 Å². The third-order valence-electron chi connectivity index (χ3n) is 6.05. The van der Waals surface area contributed by atoms with Crippen LogP contribution < -0.4 is 4.74 Å². The Kier molecular flexibility index (Phi) is 7.98. The highest BCUT2D eigenvalue weighted by atomic mass is 32.2. The molecule has 1 unspecified atom stereocenters. The smallest absolute Gasteiger partial charge is 0.339 e. The first kappa shape index (κ1) is 24.0. The third kappa shape index (κ3) is 5.48. The highest BCUT2D eigenvalue weighted by Gasteiger charge is 2.23. The Morgan fingerprint density at radius 3 is 2.65 bits per heavy atom. The molecule has 1 N–H and O–H groups in total. The van der Waals surface area contributed by atoms with Crippen LogP contribution in [0.2, 0.25) is 0 Å². The van der Waals surface area contributed by atoms with Crippen LogP contribution in [0.3, 0.4) is 0 Å². The summed E-state index contributed by atoms with van der Waals surface area (Å²) in [7, 11) is 0.00224. The molecule has 1 aliphatic rings. The summed E-state index contributed by atoms with van der Waals surface area (Å²) in [5, 5.41) is 9.96. The Balaban J connectivity index is 1.59. The molecule has 1 saturated heterocycles. The monoisotopic (exact) mass is 479 g/mol. The largest absolute Gasteiger partial charge is 0.495 e. The Bertz CT molecular complexity index is 1180. The molecular formula is C27H29NO5S. The lowest BCUT2D eigenvalue weighted by molar-refractivity contribution is 0.0692. The van der Waals surface area contributed by atoms with Gasteiger partial charge in [0.25, 0.3) is 0 Å². The first-order valence-electron chi connectivity index (χ1n) is 11.4. The molecule has 34 heavy (non-hydrogen) atoms. The molecular weight excluding hydrogens is 450 g/mol. The molecule has 0 spiro atoms. The number of methoxy groups -OCH3 is 1. The number of piperidine rings is 1. The maximum absolute atomic E-state index is 13.4. The molecule has 0 amide bonds. The van der Waals surface area contributed by atoms with Crippen LogP contribution in [-0.2, 0) is 16.6 Å². The number of hydrogen-bond acceptors (Lipinski definition) is 5. The molecule has 1 aromatic heterocycles. The lowest BCUT2D eigenvalue weighted by Crippen LogP contribution is -2.29. The third-order valence-corrected chi connectivity index (χ3v) is 7.49. The maximum atomic E-state index is 13.4. The summed E-state index contributed by atoms with van der Waals surface area (Å²) >= 11 is 0. The summed E-state index contributed by atoms with van der Waals surface area (Å²) in [6, 6.07) is 12.8. The minimum atomic E-state index is -1.44. The van der Waals surface area contributed by atoms with E-state index < -0.39 is 16.8 Å². The average Bonchev–Trinajstić information content (AvgIpc) is 3.39. The Labute approximate surface area is 202 Å². The fourth-order valence-corrected chi connectivity index (χ4v) is 5.66. The van der Waals surface area contributed by atoms with Crippen molar-refractivity contribution in [1.29, 1.82) is 0 Å². The first-order chi connectivity index (χ1) is 16.6. The lowest BCUT2D eigenvalue weighted by Gasteiger charge is -2.24. The van der Waals surface area contributed by atoms with Gasteiger partial charge in [-0.05, 0) is 49.2 Å². The van der Waals surface area contributed by atoms with E-state index in [2.05, 4.69) is 11.0 Å². The molecule has 1 fully saturated rings. The topological polar surface area (TPSA) is 80.0 Å². The van der Waals surface area contributed by atoms with Gasteiger partial charge in [0.1, 0.15) is 11.3 Å². The van der Waals surface area contributed by atoms with Crippen molar-refractivity contribution in [2.45, 2.75) is 29.9 Å². The zero-order valence-corrected chi connectivity index (χ0v) is 20.1. The van der Waals surface area contributed by atoms with E-state index in [1.165, 1.54) is 38.9 Å². The van der Waals surface area contributed by atoms with Crippen LogP contribution in [-0.4, -0.2) is 46.9 Å². The van der Waals surface area contributed by atoms with Gasteiger partial charge in [0.05, 0.1) is 36.2 Å². The van der Waals surface area contributed by atoms with E-state index in [-0.39, 0.29) is 17.1 Å². The van der Waals surface area contributed by atoms with Crippen LogP contribution in [0.25, 0.3) is 17.2 Å². The predicted octanol–water partition coefficient (Wildman–Crippen LogP) is 5.46.